The lowest BCUT2D eigenvalue weighted by Crippen LogP contribution is -2.52. The van der Waals surface area contributed by atoms with Crippen LogP contribution in [0.2, 0.25) is 0 Å². The fourth-order valence-corrected chi connectivity index (χ4v) is 2.62. The average molecular weight is 223 g/mol. The van der Waals surface area contributed by atoms with Gasteiger partial charge in [-0.2, -0.15) is 0 Å². The molecule has 0 bridgehead atoms. The number of nitrogens with one attached hydrogen (secondary N) is 1. The topological polar surface area (TPSA) is 32.3 Å². The van der Waals surface area contributed by atoms with Gasteiger partial charge in [-0.1, -0.05) is 26.0 Å². The second kappa shape index (κ2) is 4.15. The Kier molecular flexibility index (Phi) is 3.00. The molecule has 1 heterocycles. The van der Waals surface area contributed by atoms with E-state index < -0.39 is 5.60 Å². The lowest BCUT2D eigenvalue weighted by molar-refractivity contribution is -0.0808. The van der Waals surface area contributed by atoms with E-state index in [1.54, 1.807) is 12.1 Å². The van der Waals surface area contributed by atoms with Gasteiger partial charge in [0.25, 0.3) is 0 Å². The fourth-order valence-electron chi connectivity index (χ4n) is 2.62. The molecule has 1 unspecified atom stereocenters. The van der Waals surface area contributed by atoms with Crippen LogP contribution in [0.3, 0.4) is 0 Å². The summed E-state index contributed by atoms with van der Waals surface area (Å²) in [5, 5.41) is 14.1. The SMILES string of the molecule is C[C@@H]1CNC[C@H](C)C1(O)c1cccc(F)c1. The van der Waals surface area contributed by atoms with Crippen LogP contribution < -0.4 is 5.32 Å². The summed E-state index contributed by atoms with van der Waals surface area (Å²) in [7, 11) is 0. The smallest absolute Gasteiger partial charge is 0.123 e. The largest absolute Gasteiger partial charge is 0.385 e. The minimum absolute atomic E-state index is 0.0815. The van der Waals surface area contributed by atoms with E-state index in [-0.39, 0.29) is 17.7 Å². The summed E-state index contributed by atoms with van der Waals surface area (Å²) in [6, 6.07) is 6.31. The Morgan fingerprint density at radius 3 is 2.50 bits per heavy atom. The van der Waals surface area contributed by atoms with Gasteiger partial charge in [0.2, 0.25) is 0 Å². The highest BCUT2D eigenvalue weighted by Crippen LogP contribution is 2.38. The Balaban J connectivity index is 2.42. The van der Waals surface area contributed by atoms with Gasteiger partial charge in [0.05, 0.1) is 5.60 Å². The van der Waals surface area contributed by atoms with Crippen LogP contribution in [0.1, 0.15) is 19.4 Å². The summed E-state index contributed by atoms with van der Waals surface area (Å²) in [6.07, 6.45) is 0. The molecule has 1 fully saturated rings. The van der Waals surface area contributed by atoms with E-state index >= 15 is 0 Å². The van der Waals surface area contributed by atoms with Crippen LogP contribution in [-0.2, 0) is 5.60 Å². The molecule has 88 valence electrons. The van der Waals surface area contributed by atoms with Crippen molar-refractivity contribution in [3.63, 3.8) is 0 Å². The quantitative estimate of drug-likeness (QED) is 0.762. The first-order chi connectivity index (χ1) is 7.55. The van der Waals surface area contributed by atoms with Crippen LogP contribution in [0, 0.1) is 17.7 Å². The van der Waals surface area contributed by atoms with E-state index in [1.807, 2.05) is 13.8 Å². The average Bonchev–Trinajstić information content (AvgIpc) is 2.26. The van der Waals surface area contributed by atoms with Gasteiger partial charge in [0, 0.05) is 24.9 Å². The Labute approximate surface area is 95.5 Å². The Bertz CT molecular complexity index is 370. The van der Waals surface area contributed by atoms with Gasteiger partial charge in [-0.05, 0) is 17.7 Å². The normalized spacial score (nSPS) is 35.0. The zero-order chi connectivity index (χ0) is 11.8. The fraction of sp³-hybridized carbons (Fsp3) is 0.538. The van der Waals surface area contributed by atoms with Gasteiger partial charge in [-0.15, -0.1) is 0 Å². The number of halogens is 1. The highest BCUT2D eigenvalue weighted by atomic mass is 19.1. The third kappa shape index (κ3) is 1.74. The van der Waals surface area contributed by atoms with Crippen LogP contribution in [0.15, 0.2) is 24.3 Å². The van der Waals surface area contributed by atoms with Crippen molar-refractivity contribution in [2.24, 2.45) is 11.8 Å². The Hall–Kier alpha value is -0.930. The highest BCUT2D eigenvalue weighted by molar-refractivity contribution is 5.26. The highest BCUT2D eigenvalue weighted by Gasteiger charge is 2.43. The first-order valence-corrected chi connectivity index (χ1v) is 5.74. The lowest BCUT2D eigenvalue weighted by Gasteiger charge is -2.44. The van der Waals surface area contributed by atoms with Crippen LogP contribution in [0.25, 0.3) is 0 Å². The number of hydrogen-bond acceptors (Lipinski definition) is 2. The molecule has 1 aromatic carbocycles. The van der Waals surface area contributed by atoms with Crippen molar-refractivity contribution < 1.29 is 9.50 Å². The molecule has 0 spiro atoms. The molecule has 3 heteroatoms. The standard InChI is InChI=1S/C13H18FNO/c1-9-7-15-8-10(2)13(9,16)11-4-3-5-12(14)6-11/h3-6,9-10,15-16H,7-8H2,1-2H3/t9-,10+,13?. The van der Waals surface area contributed by atoms with Gasteiger partial charge in [0.1, 0.15) is 5.82 Å². The summed E-state index contributed by atoms with van der Waals surface area (Å²) in [4.78, 5) is 0. The molecule has 1 aromatic rings. The molecule has 0 radical (unpaired) electrons. The summed E-state index contributed by atoms with van der Waals surface area (Å²) in [5.41, 5.74) is -0.234. The first-order valence-electron chi connectivity index (χ1n) is 5.74. The number of piperidine rings is 1. The van der Waals surface area contributed by atoms with Gasteiger partial charge >= 0.3 is 0 Å². The molecule has 1 aliphatic rings. The molecule has 2 N–H and O–H groups in total. The minimum atomic E-state index is -0.923. The van der Waals surface area contributed by atoms with Crippen molar-refractivity contribution in [3.05, 3.63) is 35.6 Å². The number of hydrogen-bond donors (Lipinski definition) is 2. The molecule has 2 rings (SSSR count). The van der Waals surface area contributed by atoms with E-state index in [9.17, 15) is 9.50 Å². The second-order valence-corrected chi connectivity index (χ2v) is 4.80. The van der Waals surface area contributed by atoms with Gasteiger partial charge in [-0.25, -0.2) is 4.39 Å². The van der Waals surface area contributed by atoms with Crippen molar-refractivity contribution in [1.82, 2.24) is 5.32 Å². The predicted molar refractivity (Wildman–Crippen MR) is 61.5 cm³/mol. The monoisotopic (exact) mass is 223 g/mol. The van der Waals surface area contributed by atoms with Gasteiger partial charge in [-0.3, -0.25) is 0 Å². The summed E-state index contributed by atoms with van der Waals surface area (Å²) < 4.78 is 13.2. The van der Waals surface area contributed by atoms with Crippen molar-refractivity contribution in [2.45, 2.75) is 19.4 Å². The second-order valence-electron chi connectivity index (χ2n) is 4.80. The third-order valence-electron chi connectivity index (χ3n) is 3.69. The van der Waals surface area contributed by atoms with E-state index in [1.165, 1.54) is 12.1 Å². The molecule has 2 nitrogen and oxygen atoms in total. The van der Waals surface area contributed by atoms with Crippen molar-refractivity contribution in [3.8, 4) is 0 Å². The molecule has 0 amide bonds. The molecule has 0 aliphatic carbocycles. The first kappa shape index (κ1) is 11.6. The molecule has 16 heavy (non-hydrogen) atoms. The van der Waals surface area contributed by atoms with Gasteiger partial charge in [0.15, 0.2) is 0 Å². The molecule has 1 aliphatic heterocycles. The van der Waals surface area contributed by atoms with Crippen LogP contribution in [-0.4, -0.2) is 18.2 Å². The van der Waals surface area contributed by atoms with E-state index in [0.717, 1.165) is 13.1 Å². The molecule has 3 atom stereocenters. The number of benzene rings is 1. The van der Waals surface area contributed by atoms with Gasteiger partial charge < -0.3 is 10.4 Å². The maximum absolute atomic E-state index is 13.2. The minimum Gasteiger partial charge on any atom is -0.385 e. The van der Waals surface area contributed by atoms with Crippen LogP contribution in [0.5, 0.6) is 0 Å². The number of rotatable bonds is 1. The van der Waals surface area contributed by atoms with E-state index in [0.29, 0.717) is 5.56 Å². The van der Waals surface area contributed by atoms with Crippen LogP contribution in [0.4, 0.5) is 4.39 Å². The van der Waals surface area contributed by atoms with Crippen molar-refractivity contribution in [2.75, 3.05) is 13.1 Å². The molecular formula is C13H18FNO. The van der Waals surface area contributed by atoms with E-state index in [2.05, 4.69) is 5.32 Å². The van der Waals surface area contributed by atoms with Crippen molar-refractivity contribution >= 4 is 0 Å². The Morgan fingerprint density at radius 1 is 1.31 bits per heavy atom. The molecule has 0 saturated carbocycles. The molecule has 1 saturated heterocycles. The third-order valence-corrected chi connectivity index (χ3v) is 3.69. The predicted octanol–water partition coefficient (Wildman–Crippen LogP) is 1.89. The summed E-state index contributed by atoms with van der Waals surface area (Å²) in [5.74, 6) is -0.125. The number of aliphatic hydroxyl groups is 1. The zero-order valence-corrected chi connectivity index (χ0v) is 9.70. The lowest BCUT2D eigenvalue weighted by atomic mass is 9.71. The van der Waals surface area contributed by atoms with E-state index in [4.69, 9.17) is 0 Å². The molecule has 0 aromatic heterocycles. The maximum atomic E-state index is 13.2. The molecular weight excluding hydrogens is 205 g/mol. The van der Waals surface area contributed by atoms with Crippen LogP contribution >= 0.6 is 0 Å². The Morgan fingerprint density at radius 2 is 1.94 bits per heavy atom. The summed E-state index contributed by atoms with van der Waals surface area (Å²) >= 11 is 0. The van der Waals surface area contributed by atoms with Crippen molar-refractivity contribution in [1.29, 1.82) is 0 Å². The zero-order valence-electron chi connectivity index (χ0n) is 9.70. The maximum Gasteiger partial charge on any atom is 0.123 e. The summed E-state index contributed by atoms with van der Waals surface area (Å²) in [6.45, 7) is 5.51.